The van der Waals surface area contributed by atoms with E-state index in [0.29, 0.717) is 15.7 Å². The third kappa shape index (κ3) is 3.58. The average Bonchev–Trinajstić information content (AvgIpc) is 2.86. The van der Waals surface area contributed by atoms with Crippen molar-refractivity contribution in [2.24, 2.45) is 0 Å². The summed E-state index contributed by atoms with van der Waals surface area (Å²) in [6.07, 6.45) is 4.77. The zero-order valence-corrected chi connectivity index (χ0v) is 12.4. The van der Waals surface area contributed by atoms with Gasteiger partial charge in [0.05, 0.1) is 11.8 Å². The molecule has 2 aromatic heterocycles. The summed E-state index contributed by atoms with van der Waals surface area (Å²) in [4.78, 5) is 26.6. The lowest BCUT2D eigenvalue weighted by Crippen LogP contribution is -2.39. The maximum Gasteiger partial charge on any atom is 0.265 e. The van der Waals surface area contributed by atoms with Crippen molar-refractivity contribution in [2.45, 2.75) is 19.4 Å². The molecule has 2 aromatic rings. The summed E-state index contributed by atoms with van der Waals surface area (Å²) in [5, 5.41) is 10.3. The smallest absolute Gasteiger partial charge is 0.265 e. The molecule has 0 saturated heterocycles. The van der Waals surface area contributed by atoms with E-state index in [4.69, 9.17) is 0 Å². The summed E-state index contributed by atoms with van der Waals surface area (Å²) in [6, 6.07) is 1.72. The molecule has 0 aliphatic heterocycles. The van der Waals surface area contributed by atoms with Crippen LogP contribution in [0.25, 0.3) is 10.8 Å². The Hall–Kier alpha value is -1.86. The highest BCUT2D eigenvalue weighted by atomic mass is 32.1. The number of aliphatic hydroxyl groups is 1. The lowest BCUT2D eigenvalue weighted by atomic mass is 10.1. The first-order valence-corrected chi connectivity index (χ1v) is 6.89. The van der Waals surface area contributed by atoms with Crippen molar-refractivity contribution in [1.82, 2.24) is 19.9 Å². The molecule has 0 fully saturated rings. The van der Waals surface area contributed by atoms with Gasteiger partial charge in [-0.1, -0.05) is 0 Å². The van der Waals surface area contributed by atoms with Gasteiger partial charge in [0.15, 0.2) is 10.8 Å². The molecule has 20 heavy (non-hydrogen) atoms. The van der Waals surface area contributed by atoms with E-state index in [0.717, 1.165) is 0 Å². The monoisotopic (exact) mass is 292 g/mol. The minimum absolute atomic E-state index is 0.174. The van der Waals surface area contributed by atoms with Crippen molar-refractivity contribution >= 4 is 17.2 Å². The summed E-state index contributed by atoms with van der Waals surface area (Å²) in [5.74, 6) is 0.327. The summed E-state index contributed by atoms with van der Waals surface area (Å²) in [7, 11) is 1.65. The van der Waals surface area contributed by atoms with Crippen LogP contribution in [0.2, 0.25) is 0 Å². The van der Waals surface area contributed by atoms with Gasteiger partial charge in [0, 0.05) is 26.0 Å². The molecule has 2 heterocycles. The van der Waals surface area contributed by atoms with Crippen LogP contribution in [0.15, 0.2) is 24.7 Å². The first-order chi connectivity index (χ1) is 9.37. The van der Waals surface area contributed by atoms with E-state index < -0.39 is 5.60 Å². The molecule has 0 aliphatic rings. The fourth-order valence-electron chi connectivity index (χ4n) is 1.73. The molecule has 0 atom stereocenters. The van der Waals surface area contributed by atoms with Gasteiger partial charge in [-0.05, 0) is 19.9 Å². The Balaban J connectivity index is 2.15. The van der Waals surface area contributed by atoms with Gasteiger partial charge in [0.25, 0.3) is 5.91 Å². The van der Waals surface area contributed by atoms with Crippen LogP contribution in [0.1, 0.15) is 23.5 Å². The van der Waals surface area contributed by atoms with Crippen LogP contribution in [0.4, 0.5) is 0 Å². The molecule has 0 aromatic carbocycles. The van der Waals surface area contributed by atoms with Crippen molar-refractivity contribution in [3.63, 3.8) is 0 Å². The third-order valence-electron chi connectivity index (χ3n) is 2.44. The fourth-order valence-corrected chi connectivity index (χ4v) is 2.59. The van der Waals surface area contributed by atoms with Gasteiger partial charge >= 0.3 is 0 Å². The van der Waals surface area contributed by atoms with E-state index >= 15 is 0 Å². The zero-order valence-electron chi connectivity index (χ0n) is 11.6. The average molecular weight is 292 g/mol. The van der Waals surface area contributed by atoms with Crippen LogP contribution in [-0.4, -0.2) is 50.1 Å². The molecule has 0 radical (unpaired) electrons. The highest BCUT2D eigenvalue weighted by Crippen LogP contribution is 2.22. The largest absolute Gasteiger partial charge is 0.389 e. The van der Waals surface area contributed by atoms with Crippen molar-refractivity contribution < 1.29 is 9.90 Å². The first kappa shape index (κ1) is 14.5. The van der Waals surface area contributed by atoms with Gasteiger partial charge in [0.2, 0.25) is 0 Å². The SMILES string of the molecule is CN(CC(C)(C)O)C(=O)c1cnc(-c2ncccn2)s1. The molecule has 7 heteroatoms. The maximum absolute atomic E-state index is 12.2. The van der Waals surface area contributed by atoms with Gasteiger partial charge in [0.1, 0.15) is 4.88 Å². The number of aromatic nitrogens is 3. The molecule has 0 spiro atoms. The Kier molecular flexibility index (Phi) is 4.10. The molecule has 2 rings (SSSR count). The predicted octanol–water partition coefficient (Wildman–Crippen LogP) is 1.44. The quantitative estimate of drug-likeness (QED) is 0.922. The van der Waals surface area contributed by atoms with Gasteiger partial charge < -0.3 is 10.0 Å². The second-order valence-corrected chi connectivity index (χ2v) is 6.11. The Morgan fingerprint density at radius 2 is 2.00 bits per heavy atom. The molecule has 0 unspecified atom stereocenters. The van der Waals surface area contributed by atoms with E-state index in [1.54, 1.807) is 39.4 Å². The molecular weight excluding hydrogens is 276 g/mol. The zero-order chi connectivity index (χ0) is 14.8. The van der Waals surface area contributed by atoms with E-state index in [-0.39, 0.29) is 12.5 Å². The minimum atomic E-state index is -0.930. The Morgan fingerprint density at radius 1 is 1.35 bits per heavy atom. The highest BCUT2D eigenvalue weighted by Gasteiger charge is 2.22. The van der Waals surface area contributed by atoms with E-state index in [1.807, 2.05) is 0 Å². The maximum atomic E-state index is 12.2. The van der Waals surface area contributed by atoms with Gasteiger partial charge in [-0.25, -0.2) is 15.0 Å². The summed E-state index contributed by atoms with van der Waals surface area (Å²) in [5.41, 5.74) is -0.930. The summed E-state index contributed by atoms with van der Waals surface area (Å²) >= 11 is 1.24. The molecular formula is C13H16N4O2S. The number of thiazole rings is 1. The number of carbonyl (C=O) groups excluding carboxylic acids is 1. The number of amides is 1. The number of nitrogens with zero attached hydrogens (tertiary/aromatic N) is 4. The van der Waals surface area contributed by atoms with Gasteiger partial charge in [-0.2, -0.15) is 0 Å². The molecule has 0 aliphatic carbocycles. The van der Waals surface area contributed by atoms with Crippen LogP contribution in [0.3, 0.4) is 0 Å². The predicted molar refractivity (Wildman–Crippen MR) is 76.4 cm³/mol. The number of rotatable bonds is 4. The molecule has 6 nitrogen and oxygen atoms in total. The van der Waals surface area contributed by atoms with E-state index in [2.05, 4.69) is 15.0 Å². The van der Waals surface area contributed by atoms with Gasteiger partial charge in [-0.15, -0.1) is 11.3 Å². The molecule has 1 amide bonds. The molecule has 0 saturated carbocycles. The summed E-state index contributed by atoms with van der Waals surface area (Å²) in [6.45, 7) is 3.57. The van der Waals surface area contributed by atoms with Crippen LogP contribution in [-0.2, 0) is 0 Å². The summed E-state index contributed by atoms with van der Waals surface area (Å²) < 4.78 is 0. The number of hydrogen-bond acceptors (Lipinski definition) is 6. The van der Waals surface area contributed by atoms with Crippen LogP contribution in [0.5, 0.6) is 0 Å². The fraction of sp³-hybridized carbons (Fsp3) is 0.385. The second kappa shape index (κ2) is 5.64. The van der Waals surface area contributed by atoms with Crippen LogP contribution >= 0.6 is 11.3 Å². The van der Waals surface area contributed by atoms with Crippen molar-refractivity contribution in [2.75, 3.05) is 13.6 Å². The van der Waals surface area contributed by atoms with E-state index in [9.17, 15) is 9.90 Å². The number of likely N-dealkylation sites (N-methyl/N-ethyl adjacent to an activating group) is 1. The lowest BCUT2D eigenvalue weighted by molar-refractivity contribution is 0.0370. The minimum Gasteiger partial charge on any atom is -0.389 e. The van der Waals surface area contributed by atoms with Crippen LogP contribution < -0.4 is 0 Å². The van der Waals surface area contributed by atoms with Gasteiger partial charge in [-0.3, -0.25) is 4.79 Å². The third-order valence-corrected chi connectivity index (χ3v) is 3.43. The number of carbonyl (C=O) groups is 1. The first-order valence-electron chi connectivity index (χ1n) is 6.08. The topological polar surface area (TPSA) is 79.2 Å². The molecule has 106 valence electrons. The standard InChI is InChI=1S/C13H16N4O2S/c1-13(2,19)8-17(3)12(18)9-7-16-11(20-9)10-14-5-4-6-15-10/h4-7,19H,8H2,1-3H3. The van der Waals surface area contributed by atoms with Crippen molar-refractivity contribution in [1.29, 1.82) is 0 Å². The molecule has 0 bridgehead atoms. The number of hydrogen-bond donors (Lipinski definition) is 1. The Morgan fingerprint density at radius 3 is 2.60 bits per heavy atom. The Labute approximate surface area is 121 Å². The molecule has 1 N–H and O–H groups in total. The lowest BCUT2D eigenvalue weighted by Gasteiger charge is -2.24. The second-order valence-electron chi connectivity index (χ2n) is 5.08. The Bertz CT molecular complexity index is 592. The van der Waals surface area contributed by atoms with Crippen molar-refractivity contribution in [3.05, 3.63) is 29.5 Å². The normalized spacial score (nSPS) is 11.4. The highest BCUT2D eigenvalue weighted by molar-refractivity contribution is 7.16. The van der Waals surface area contributed by atoms with Crippen molar-refractivity contribution in [3.8, 4) is 10.8 Å². The van der Waals surface area contributed by atoms with E-state index in [1.165, 1.54) is 22.4 Å². The van der Waals surface area contributed by atoms with Crippen LogP contribution in [0, 0.1) is 0 Å².